The Morgan fingerprint density at radius 1 is 0.852 bits per heavy atom. The van der Waals surface area contributed by atoms with E-state index in [1.54, 1.807) is 36.4 Å². The Bertz CT molecular complexity index is 1080. The van der Waals surface area contributed by atoms with E-state index in [1.807, 2.05) is 15.5 Å². The first kappa shape index (κ1) is 16.5. The molecule has 1 fully saturated rings. The molecule has 0 unspecified atom stereocenters. The van der Waals surface area contributed by atoms with E-state index in [4.69, 9.17) is 11.6 Å². The van der Waals surface area contributed by atoms with Gasteiger partial charge in [-0.05, 0) is 18.4 Å². The summed E-state index contributed by atoms with van der Waals surface area (Å²) >= 11 is 6.38. The first-order valence-corrected chi connectivity index (χ1v) is 9.45. The van der Waals surface area contributed by atoms with Gasteiger partial charge in [-0.15, -0.1) is 0 Å². The van der Waals surface area contributed by atoms with E-state index >= 15 is 0 Å². The highest BCUT2D eigenvalue weighted by atomic mass is 35.5. The van der Waals surface area contributed by atoms with Gasteiger partial charge in [-0.1, -0.05) is 41.9 Å². The Morgan fingerprint density at radius 2 is 1.59 bits per heavy atom. The van der Waals surface area contributed by atoms with Crippen LogP contribution in [0.25, 0.3) is 0 Å². The molecule has 0 amide bonds. The van der Waals surface area contributed by atoms with Crippen molar-refractivity contribution in [2.24, 2.45) is 5.92 Å². The predicted octanol–water partition coefficient (Wildman–Crippen LogP) is 2.80. The van der Waals surface area contributed by atoms with Crippen LogP contribution in [-0.2, 0) is 6.54 Å². The van der Waals surface area contributed by atoms with Crippen molar-refractivity contribution in [1.82, 2.24) is 9.47 Å². The van der Waals surface area contributed by atoms with E-state index in [-0.39, 0.29) is 34.0 Å². The number of ketones is 2. The summed E-state index contributed by atoms with van der Waals surface area (Å²) in [5.41, 5.74) is 2.10. The highest BCUT2D eigenvalue weighted by Crippen LogP contribution is 2.39. The summed E-state index contributed by atoms with van der Waals surface area (Å²) in [4.78, 5) is 39.9. The molecule has 0 radical (unpaired) electrons. The first-order valence-electron chi connectivity index (χ1n) is 9.07. The zero-order valence-electron chi connectivity index (χ0n) is 14.5. The van der Waals surface area contributed by atoms with Crippen LogP contribution in [0.3, 0.4) is 0 Å². The molecule has 0 saturated carbocycles. The van der Waals surface area contributed by atoms with Crippen molar-refractivity contribution in [1.29, 1.82) is 0 Å². The minimum absolute atomic E-state index is 0.00382. The quantitative estimate of drug-likeness (QED) is 0.763. The van der Waals surface area contributed by atoms with Gasteiger partial charge >= 0.3 is 0 Å². The van der Waals surface area contributed by atoms with Gasteiger partial charge in [0.2, 0.25) is 11.6 Å². The second-order valence-electron chi connectivity index (χ2n) is 7.47. The lowest BCUT2D eigenvalue weighted by atomic mass is 9.82. The van der Waals surface area contributed by atoms with Crippen molar-refractivity contribution in [3.05, 3.63) is 80.4 Å². The minimum Gasteiger partial charge on any atom is -0.366 e. The highest BCUT2D eigenvalue weighted by Gasteiger charge is 2.40. The zero-order valence-corrected chi connectivity index (χ0v) is 15.3. The molecule has 3 heterocycles. The number of rotatable bonds is 1. The van der Waals surface area contributed by atoms with Gasteiger partial charge < -0.3 is 9.47 Å². The number of allylic oxidation sites excluding steroid dienone is 2. The molecule has 1 aromatic carbocycles. The van der Waals surface area contributed by atoms with E-state index in [2.05, 4.69) is 0 Å². The Balaban J connectivity index is 1.55. The fourth-order valence-corrected chi connectivity index (χ4v) is 5.00. The number of likely N-dealkylation sites (tertiary alicyclic amines) is 1. The van der Waals surface area contributed by atoms with Crippen LogP contribution >= 0.6 is 11.6 Å². The first-order chi connectivity index (χ1) is 13.0. The number of carbonyl (C=O) groups is 2. The molecular weight excluding hydrogens is 364 g/mol. The molecule has 0 spiro atoms. The number of hydrogen-bond acceptors (Lipinski definition) is 4. The molecule has 5 rings (SSSR count). The molecule has 1 aromatic heterocycles. The smallest absolute Gasteiger partial charge is 0.250 e. The number of carbonyl (C=O) groups excluding carboxylic acids is 2. The van der Waals surface area contributed by atoms with E-state index in [1.165, 1.54) is 0 Å². The Kier molecular flexibility index (Phi) is 3.62. The maximum absolute atomic E-state index is 13.1. The monoisotopic (exact) mass is 380 g/mol. The van der Waals surface area contributed by atoms with Crippen molar-refractivity contribution in [2.75, 3.05) is 13.1 Å². The van der Waals surface area contributed by atoms with Crippen LogP contribution in [0.2, 0.25) is 0 Å². The van der Waals surface area contributed by atoms with Crippen molar-refractivity contribution in [3.63, 3.8) is 0 Å². The summed E-state index contributed by atoms with van der Waals surface area (Å²) in [6.07, 6.45) is 0.976. The fourth-order valence-electron chi connectivity index (χ4n) is 4.69. The number of fused-ring (bicyclic) bond motifs is 5. The molecule has 136 valence electrons. The van der Waals surface area contributed by atoms with Gasteiger partial charge in [0.05, 0.1) is 0 Å². The largest absolute Gasteiger partial charge is 0.366 e. The summed E-state index contributed by atoms with van der Waals surface area (Å²) in [6.45, 7) is 1.82. The average Bonchev–Trinajstić information content (AvgIpc) is 2.67. The van der Waals surface area contributed by atoms with Gasteiger partial charge in [-0.25, -0.2) is 0 Å². The Hall–Kier alpha value is -2.66. The zero-order chi connectivity index (χ0) is 18.7. The molecule has 27 heavy (non-hydrogen) atoms. The molecule has 2 bridgehead atoms. The molecule has 6 heteroatoms. The third-order valence-corrected chi connectivity index (χ3v) is 6.19. The molecule has 2 aromatic rings. The van der Waals surface area contributed by atoms with Crippen LogP contribution in [0.1, 0.15) is 38.7 Å². The van der Waals surface area contributed by atoms with E-state index in [0.29, 0.717) is 36.5 Å². The van der Waals surface area contributed by atoms with E-state index < -0.39 is 0 Å². The van der Waals surface area contributed by atoms with Crippen molar-refractivity contribution < 1.29 is 9.59 Å². The molecular formula is C21H17ClN2O3. The standard InChI is InChI=1S/C21H17ClN2O3/c22-18-19(21(27)15-5-2-1-4-14(15)20(18)26)23-9-12-8-13(11-23)16-6-3-7-17(25)24(16)10-12/h1-7,12-13H,8-11H2/t12-,13-/m0/s1. The number of aromatic nitrogens is 1. The number of piperidine rings is 1. The molecule has 2 aliphatic heterocycles. The van der Waals surface area contributed by atoms with Crippen molar-refractivity contribution in [3.8, 4) is 0 Å². The van der Waals surface area contributed by atoms with Gasteiger partial charge in [0.1, 0.15) is 10.7 Å². The summed E-state index contributed by atoms with van der Waals surface area (Å²) < 4.78 is 1.84. The van der Waals surface area contributed by atoms with Crippen LogP contribution in [0.4, 0.5) is 0 Å². The van der Waals surface area contributed by atoms with Gasteiger partial charge in [0, 0.05) is 48.4 Å². The van der Waals surface area contributed by atoms with Gasteiger partial charge in [0.25, 0.3) is 5.56 Å². The third kappa shape index (κ3) is 2.42. The lowest BCUT2D eigenvalue weighted by molar-refractivity contribution is 0.0895. The Labute approximate surface area is 160 Å². The molecule has 1 aliphatic carbocycles. The number of hydrogen-bond donors (Lipinski definition) is 0. The number of nitrogens with zero attached hydrogens (tertiary/aromatic N) is 2. The summed E-state index contributed by atoms with van der Waals surface area (Å²) in [5.74, 6) is -0.105. The molecule has 0 N–H and O–H groups in total. The average molecular weight is 381 g/mol. The fraction of sp³-hybridized carbons (Fsp3) is 0.286. The van der Waals surface area contributed by atoms with Crippen LogP contribution < -0.4 is 5.56 Å². The SMILES string of the molecule is O=C1C(Cl)=C(N2C[C@@H]3C[C@@H](C2)c2cccc(=O)n2C3)C(=O)c2ccccc21. The van der Waals surface area contributed by atoms with E-state index in [9.17, 15) is 14.4 Å². The van der Waals surface area contributed by atoms with Gasteiger partial charge in [-0.3, -0.25) is 14.4 Å². The second-order valence-corrected chi connectivity index (χ2v) is 7.85. The number of Topliss-reactive ketones (excluding diaryl/α,β-unsaturated/α-hetero) is 2. The van der Waals surface area contributed by atoms with Crippen LogP contribution in [0.15, 0.2) is 58.0 Å². The van der Waals surface area contributed by atoms with Gasteiger partial charge in [0.15, 0.2) is 0 Å². The van der Waals surface area contributed by atoms with Crippen molar-refractivity contribution >= 4 is 23.2 Å². The molecule has 1 saturated heterocycles. The molecule has 5 nitrogen and oxygen atoms in total. The number of pyridine rings is 1. The highest BCUT2D eigenvalue weighted by molar-refractivity contribution is 6.49. The normalized spacial score (nSPS) is 24.0. The Morgan fingerprint density at radius 3 is 2.37 bits per heavy atom. The minimum atomic E-state index is -0.297. The maximum atomic E-state index is 13.1. The maximum Gasteiger partial charge on any atom is 0.250 e. The third-order valence-electron chi connectivity index (χ3n) is 5.83. The molecule has 2 atom stereocenters. The van der Waals surface area contributed by atoms with Crippen LogP contribution in [0, 0.1) is 5.92 Å². The van der Waals surface area contributed by atoms with Gasteiger partial charge in [-0.2, -0.15) is 0 Å². The summed E-state index contributed by atoms with van der Waals surface area (Å²) in [7, 11) is 0. The van der Waals surface area contributed by atoms with Crippen molar-refractivity contribution in [2.45, 2.75) is 18.9 Å². The lowest BCUT2D eigenvalue weighted by Gasteiger charge is -2.44. The predicted molar refractivity (Wildman–Crippen MR) is 101 cm³/mol. The van der Waals surface area contributed by atoms with Crippen LogP contribution in [0.5, 0.6) is 0 Å². The second kappa shape index (κ2) is 5.92. The summed E-state index contributed by atoms with van der Waals surface area (Å²) in [6, 6.07) is 12.2. The number of halogens is 1. The summed E-state index contributed by atoms with van der Waals surface area (Å²) in [5, 5.41) is 0.00382. The van der Waals surface area contributed by atoms with Crippen LogP contribution in [-0.4, -0.2) is 34.1 Å². The molecule has 3 aliphatic rings. The lowest BCUT2D eigenvalue weighted by Crippen LogP contribution is -2.48. The number of benzene rings is 1. The van der Waals surface area contributed by atoms with E-state index in [0.717, 1.165) is 12.1 Å². The topological polar surface area (TPSA) is 59.4 Å².